The van der Waals surface area contributed by atoms with Gasteiger partial charge in [0, 0.05) is 12.8 Å². The van der Waals surface area contributed by atoms with E-state index in [4.69, 9.17) is 19.9 Å². The summed E-state index contributed by atoms with van der Waals surface area (Å²) in [6.07, 6.45) is 0. The van der Waals surface area contributed by atoms with Crippen LogP contribution in [0.25, 0.3) is 0 Å². The average Bonchev–Trinajstić information content (AvgIpc) is 2.59. The molecule has 0 spiro atoms. The van der Waals surface area contributed by atoms with E-state index in [9.17, 15) is 14.4 Å². The number of primary amides is 1. The van der Waals surface area contributed by atoms with Gasteiger partial charge in [-0.15, -0.1) is 0 Å². The van der Waals surface area contributed by atoms with Gasteiger partial charge in [-0.1, -0.05) is 12.1 Å². The number of amides is 3. The van der Waals surface area contributed by atoms with E-state index >= 15 is 0 Å². The summed E-state index contributed by atoms with van der Waals surface area (Å²) in [4.78, 5) is 35.0. The first-order valence-corrected chi connectivity index (χ1v) is 7.87. The summed E-state index contributed by atoms with van der Waals surface area (Å²) in [6, 6.07) is 5.51. The molecule has 1 aliphatic heterocycles. The highest BCUT2D eigenvalue weighted by Crippen LogP contribution is 2.28. The number of nitrogens with one attached hydrogen (secondary N) is 2. The van der Waals surface area contributed by atoms with Crippen LogP contribution in [0.3, 0.4) is 0 Å². The lowest BCUT2D eigenvalue weighted by Crippen LogP contribution is -2.45. The Morgan fingerprint density at radius 3 is 2.50 bits per heavy atom. The van der Waals surface area contributed by atoms with Crippen molar-refractivity contribution in [3.63, 3.8) is 0 Å². The molecule has 0 saturated carbocycles. The van der Waals surface area contributed by atoms with Crippen molar-refractivity contribution in [2.75, 3.05) is 26.9 Å². The SMILES string of the molecule is COCCOC(=O)C1=C(C)NC(=O)N[C@@H]1c1ccc(OCC(N)=O)cc1. The molecule has 26 heavy (non-hydrogen) atoms. The maximum absolute atomic E-state index is 12.4. The Hall–Kier alpha value is -3.07. The Kier molecular flexibility index (Phi) is 6.56. The number of rotatable bonds is 8. The number of ether oxygens (including phenoxy) is 3. The maximum Gasteiger partial charge on any atom is 0.338 e. The maximum atomic E-state index is 12.4. The van der Waals surface area contributed by atoms with Crippen molar-refractivity contribution in [2.45, 2.75) is 13.0 Å². The quantitative estimate of drug-likeness (QED) is 0.452. The van der Waals surface area contributed by atoms with E-state index in [1.807, 2.05) is 0 Å². The Labute approximate surface area is 150 Å². The van der Waals surface area contributed by atoms with E-state index in [-0.39, 0.29) is 19.8 Å². The summed E-state index contributed by atoms with van der Waals surface area (Å²) in [5, 5.41) is 5.27. The molecule has 0 bridgehead atoms. The lowest BCUT2D eigenvalue weighted by molar-refractivity contribution is -0.140. The van der Waals surface area contributed by atoms with Crippen LogP contribution in [-0.4, -0.2) is 44.8 Å². The molecule has 9 heteroatoms. The molecule has 1 heterocycles. The van der Waals surface area contributed by atoms with Crippen LogP contribution in [0.1, 0.15) is 18.5 Å². The van der Waals surface area contributed by atoms with Crippen molar-refractivity contribution < 1.29 is 28.6 Å². The van der Waals surface area contributed by atoms with Crippen LogP contribution in [0.15, 0.2) is 35.5 Å². The van der Waals surface area contributed by atoms with E-state index in [0.29, 0.717) is 22.6 Å². The molecule has 4 N–H and O–H groups in total. The molecular weight excluding hydrogens is 342 g/mol. The highest BCUT2D eigenvalue weighted by molar-refractivity contribution is 5.95. The molecule has 1 aromatic rings. The fraction of sp³-hybridized carbons (Fsp3) is 0.353. The highest BCUT2D eigenvalue weighted by atomic mass is 16.6. The minimum Gasteiger partial charge on any atom is -0.484 e. The zero-order valence-electron chi connectivity index (χ0n) is 14.5. The third-order valence-electron chi connectivity index (χ3n) is 3.60. The largest absolute Gasteiger partial charge is 0.484 e. The van der Waals surface area contributed by atoms with Gasteiger partial charge in [0.05, 0.1) is 18.2 Å². The molecule has 9 nitrogen and oxygen atoms in total. The number of hydrogen-bond acceptors (Lipinski definition) is 6. The first-order chi connectivity index (χ1) is 12.4. The van der Waals surface area contributed by atoms with E-state index in [2.05, 4.69) is 10.6 Å². The minimum atomic E-state index is -0.677. The molecule has 0 aliphatic carbocycles. The summed E-state index contributed by atoms with van der Waals surface area (Å²) in [5.74, 6) is -0.691. The van der Waals surface area contributed by atoms with Crippen LogP contribution in [0.2, 0.25) is 0 Å². The summed E-state index contributed by atoms with van der Waals surface area (Å²) in [5.41, 5.74) is 6.40. The number of methoxy groups -OCH3 is 1. The van der Waals surface area contributed by atoms with E-state index in [1.165, 1.54) is 7.11 Å². The van der Waals surface area contributed by atoms with Crippen molar-refractivity contribution in [1.82, 2.24) is 10.6 Å². The summed E-state index contributed by atoms with van der Waals surface area (Å²) < 4.78 is 15.2. The van der Waals surface area contributed by atoms with Gasteiger partial charge >= 0.3 is 12.0 Å². The minimum absolute atomic E-state index is 0.104. The first kappa shape index (κ1) is 19.3. The summed E-state index contributed by atoms with van der Waals surface area (Å²) in [6.45, 7) is 1.77. The van der Waals surface area contributed by atoms with E-state index in [0.717, 1.165) is 0 Å². The Morgan fingerprint density at radius 1 is 1.19 bits per heavy atom. The highest BCUT2D eigenvalue weighted by Gasteiger charge is 2.32. The number of esters is 1. The molecule has 0 unspecified atom stereocenters. The van der Waals surface area contributed by atoms with Crippen molar-refractivity contribution in [2.24, 2.45) is 5.73 Å². The molecule has 1 aliphatic rings. The fourth-order valence-electron chi connectivity index (χ4n) is 2.42. The monoisotopic (exact) mass is 363 g/mol. The van der Waals surface area contributed by atoms with Crippen molar-refractivity contribution in [1.29, 1.82) is 0 Å². The van der Waals surface area contributed by atoms with Crippen LogP contribution in [-0.2, 0) is 19.1 Å². The van der Waals surface area contributed by atoms with Gasteiger partial charge in [0.1, 0.15) is 12.4 Å². The molecule has 0 radical (unpaired) electrons. The topological polar surface area (TPSA) is 129 Å². The molecule has 0 aromatic heterocycles. The normalized spacial score (nSPS) is 16.5. The molecular formula is C17H21N3O6. The van der Waals surface area contributed by atoms with Crippen LogP contribution in [0.5, 0.6) is 5.75 Å². The Balaban J connectivity index is 2.20. The van der Waals surface area contributed by atoms with Gasteiger partial charge in [-0.2, -0.15) is 0 Å². The standard InChI is InChI=1S/C17H21N3O6/c1-10-14(16(22)25-8-7-24-2)15(20-17(23)19-10)11-3-5-12(6-4-11)26-9-13(18)21/h3-6,15H,7-9H2,1-2H3,(H2,18,21)(H2,19,20,23)/t15-/m1/s1. The summed E-state index contributed by atoms with van der Waals surface area (Å²) >= 11 is 0. The lowest BCUT2D eigenvalue weighted by Gasteiger charge is -2.28. The zero-order valence-corrected chi connectivity index (χ0v) is 14.5. The zero-order chi connectivity index (χ0) is 19.1. The number of carbonyl (C=O) groups excluding carboxylic acids is 3. The molecule has 3 amide bonds. The average molecular weight is 363 g/mol. The molecule has 1 atom stereocenters. The van der Waals surface area contributed by atoms with Gasteiger partial charge in [-0.3, -0.25) is 4.79 Å². The van der Waals surface area contributed by atoms with Gasteiger partial charge in [-0.05, 0) is 24.6 Å². The third kappa shape index (κ3) is 4.96. The number of allylic oxidation sites excluding steroid dienone is 1. The van der Waals surface area contributed by atoms with Crippen molar-refractivity contribution in [3.8, 4) is 5.75 Å². The second kappa shape index (κ2) is 8.86. The second-order valence-electron chi connectivity index (χ2n) is 5.52. The fourth-order valence-corrected chi connectivity index (χ4v) is 2.42. The Morgan fingerprint density at radius 2 is 1.88 bits per heavy atom. The second-order valence-corrected chi connectivity index (χ2v) is 5.52. The number of carbonyl (C=O) groups is 3. The Bertz CT molecular complexity index is 714. The molecule has 0 fully saturated rings. The number of hydrogen-bond donors (Lipinski definition) is 3. The van der Waals surface area contributed by atoms with Crippen molar-refractivity contribution in [3.05, 3.63) is 41.1 Å². The first-order valence-electron chi connectivity index (χ1n) is 7.87. The third-order valence-corrected chi connectivity index (χ3v) is 3.60. The number of benzene rings is 1. The predicted octanol–water partition coefficient (Wildman–Crippen LogP) is 0.368. The molecule has 140 valence electrons. The lowest BCUT2D eigenvalue weighted by atomic mass is 9.95. The molecule has 2 rings (SSSR count). The number of nitrogens with two attached hydrogens (primary N) is 1. The van der Waals surface area contributed by atoms with Crippen LogP contribution in [0, 0.1) is 0 Å². The predicted molar refractivity (Wildman–Crippen MR) is 91.1 cm³/mol. The van der Waals surface area contributed by atoms with E-state index < -0.39 is 23.9 Å². The van der Waals surface area contributed by atoms with Crippen LogP contribution < -0.4 is 21.1 Å². The van der Waals surface area contributed by atoms with Gasteiger partial charge in [0.25, 0.3) is 5.91 Å². The summed E-state index contributed by atoms with van der Waals surface area (Å²) in [7, 11) is 1.51. The van der Waals surface area contributed by atoms with Crippen molar-refractivity contribution >= 4 is 17.9 Å². The van der Waals surface area contributed by atoms with Gasteiger partial charge < -0.3 is 30.6 Å². The smallest absolute Gasteiger partial charge is 0.338 e. The number of urea groups is 1. The molecule has 0 saturated heterocycles. The van der Waals surface area contributed by atoms with Gasteiger partial charge in [0.15, 0.2) is 6.61 Å². The van der Waals surface area contributed by atoms with Crippen LogP contribution >= 0.6 is 0 Å². The van der Waals surface area contributed by atoms with Gasteiger partial charge in [-0.25, -0.2) is 9.59 Å². The molecule has 1 aromatic carbocycles. The van der Waals surface area contributed by atoms with Gasteiger partial charge in [0.2, 0.25) is 0 Å². The van der Waals surface area contributed by atoms with Crippen LogP contribution in [0.4, 0.5) is 4.79 Å². The van der Waals surface area contributed by atoms with E-state index in [1.54, 1.807) is 31.2 Å².